The summed E-state index contributed by atoms with van der Waals surface area (Å²) in [4.78, 5) is 24.9. The molecule has 0 bridgehead atoms. The summed E-state index contributed by atoms with van der Waals surface area (Å²) >= 11 is 0. The van der Waals surface area contributed by atoms with E-state index in [1.165, 1.54) is 0 Å². The van der Waals surface area contributed by atoms with Gasteiger partial charge in [0.2, 0.25) is 0 Å². The first-order valence-electron chi connectivity index (χ1n) is 9.92. The van der Waals surface area contributed by atoms with E-state index < -0.39 is 11.9 Å². The van der Waals surface area contributed by atoms with E-state index >= 15 is 0 Å². The molecule has 0 saturated carbocycles. The number of unbranched alkanes of at least 4 members (excludes halogenated alkanes) is 1. The largest absolute Gasteiger partial charge is 0.462 e. The van der Waals surface area contributed by atoms with Crippen molar-refractivity contribution in [1.82, 2.24) is 0 Å². The van der Waals surface area contributed by atoms with Crippen molar-refractivity contribution in [2.45, 2.75) is 26.4 Å². The van der Waals surface area contributed by atoms with Gasteiger partial charge in [0.25, 0.3) is 0 Å². The van der Waals surface area contributed by atoms with Crippen molar-refractivity contribution in [1.29, 1.82) is 0 Å². The molecule has 0 radical (unpaired) electrons. The quantitative estimate of drug-likeness (QED) is 0.333. The molecule has 5 heteroatoms. The number of ether oxygens (including phenoxy) is 3. The van der Waals surface area contributed by atoms with Crippen LogP contribution in [0.2, 0.25) is 0 Å². The predicted octanol–water partition coefficient (Wildman–Crippen LogP) is 5.79. The minimum atomic E-state index is -0.576. The molecule has 0 fully saturated rings. The van der Waals surface area contributed by atoms with Crippen LogP contribution in [0, 0.1) is 0 Å². The Hall–Kier alpha value is -3.60. The van der Waals surface area contributed by atoms with Gasteiger partial charge in [-0.1, -0.05) is 55.8 Å². The monoisotopic (exact) mass is 404 g/mol. The van der Waals surface area contributed by atoms with E-state index in [1.54, 1.807) is 24.3 Å². The molecule has 3 aromatic carbocycles. The summed E-state index contributed by atoms with van der Waals surface area (Å²) in [6.45, 7) is 2.40. The van der Waals surface area contributed by atoms with Gasteiger partial charge in [-0.05, 0) is 48.4 Å². The maximum atomic E-state index is 12.6. The van der Waals surface area contributed by atoms with Crippen molar-refractivity contribution in [3.05, 3.63) is 95.6 Å². The summed E-state index contributed by atoms with van der Waals surface area (Å²) in [6.07, 6.45) is 1.70. The van der Waals surface area contributed by atoms with Gasteiger partial charge in [-0.3, -0.25) is 0 Å². The SMILES string of the molecule is CCCCOC(=O)c1ccccc1C(=O)OCc1cccc(Oc2ccccc2)c1. The zero-order chi connectivity index (χ0) is 21.2. The molecule has 0 saturated heterocycles. The number of rotatable bonds is 9. The summed E-state index contributed by atoms with van der Waals surface area (Å²) in [6, 6.07) is 23.3. The lowest BCUT2D eigenvalue weighted by Gasteiger charge is -2.11. The number of carbonyl (C=O) groups excluding carboxylic acids is 2. The second kappa shape index (κ2) is 10.8. The average molecular weight is 404 g/mol. The zero-order valence-electron chi connectivity index (χ0n) is 16.9. The molecule has 0 aliphatic rings. The fourth-order valence-electron chi connectivity index (χ4n) is 2.78. The summed E-state index contributed by atoms with van der Waals surface area (Å²) < 4.78 is 16.5. The van der Waals surface area contributed by atoms with Crippen LogP contribution in [0.4, 0.5) is 0 Å². The lowest BCUT2D eigenvalue weighted by Crippen LogP contribution is -2.14. The third kappa shape index (κ3) is 5.95. The number of esters is 2. The summed E-state index contributed by atoms with van der Waals surface area (Å²) in [5.74, 6) is 0.276. The van der Waals surface area contributed by atoms with Crippen LogP contribution < -0.4 is 4.74 Å². The van der Waals surface area contributed by atoms with E-state index in [-0.39, 0.29) is 17.7 Å². The van der Waals surface area contributed by atoms with E-state index in [9.17, 15) is 9.59 Å². The van der Waals surface area contributed by atoms with Crippen molar-refractivity contribution in [3.8, 4) is 11.5 Å². The Morgan fingerprint density at radius 2 is 1.37 bits per heavy atom. The Bertz CT molecular complexity index is 982. The minimum Gasteiger partial charge on any atom is -0.462 e. The van der Waals surface area contributed by atoms with Crippen LogP contribution in [0.15, 0.2) is 78.9 Å². The Labute approximate surface area is 176 Å². The highest BCUT2D eigenvalue weighted by Crippen LogP contribution is 2.22. The molecule has 30 heavy (non-hydrogen) atoms. The molecule has 5 nitrogen and oxygen atoms in total. The van der Waals surface area contributed by atoms with Crippen molar-refractivity contribution in [3.63, 3.8) is 0 Å². The lowest BCUT2D eigenvalue weighted by atomic mass is 10.1. The molecule has 0 aromatic heterocycles. The summed E-state index contributed by atoms with van der Waals surface area (Å²) in [7, 11) is 0. The third-order valence-electron chi connectivity index (χ3n) is 4.35. The second-order valence-electron chi connectivity index (χ2n) is 6.67. The molecular weight excluding hydrogens is 380 g/mol. The number of para-hydroxylation sites is 1. The lowest BCUT2D eigenvalue weighted by molar-refractivity contribution is 0.0437. The molecule has 0 unspecified atom stereocenters. The van der Waals surface area contributed by atoms with Gasteiger partial charge in [0.15, 0.2) is 0 Å². The fourth-order valence-corrected chi connectivity index (χ4v) is 2.78. The molecule has 154 valence electrons. The van der Waals surface area contributed by atoms with Crippen LogP contribution in [0.25, 0.3) is 0 Å². The Morgan fingerprint density at radius 3 is 2.07 bits per heavy atom. The maximum absolute atomic E-state index is 12.6. The van der Waals surface area contributed by atoms with Gasteiger partial charge in [-0.25, -0.2) is 9.59 Å². The highest BCUT2D eigenvalue weighted by molar-refractivity contribution is 6.03. The average Bonchev–Trinajstić information content (AvgIpc) is 2.78. The van der Waals surface area contributed by atoms with E-state index in [4.69, 9.17) is 14.2 Å². The van der Waals surface area contributed by atoms with Gasteiger partial charge in [-0.2, -0.15) is 0 Å². The molecule has 0 spiro atoms. The van der Waals surface area contributed by atoms with Gasteiger partial charge >= 0.3 is 11.9 Å². The van der Waals surface area contributed by atoms with Crippen LogP contribution in [0.5, 0.6) is 11.5 Å². The fraction of sp³-hybridized carbons (Fsp3) is 0.200. The number of hydrogen-bond donors (Lipinski definition) is 0. The predicted molar refractivity (Wildman–Crippen MR) is 114 cm³/mol. The second-order valence-corrected chi connectivity index (χ2v) is 6.67. The first-order valence-corrected chi connectivity index (χ1v) is 9.92. The van der Waals surface area contributed by atoms with Crippen LogP contribution in [-0.2, 0) is 16.1 Å². The Kier molecular flexibility index (Phi) is 7.61. The zero-order valence-corrected chi connectivity index (χ0v) is 16.9. The van der Waals surface area contributed by atoms with Gasteiger partial charge in [0.05, 0.1) is 17.7 Å². The molecule has 0 amide bonds. The molecule has 0 aliphatic heterocycles. The molecule has 0 atom stereocenters. The summed E-state index contributed by atoms with van der Waals surface area (Å²) in [5.41, 5.74) is 1.18. The first-order chi connectivity index (χ1) is 14.7. The van der Waals surface area contributed by atoms with Crippen LogP contribution >= 0.6 is 0 Å². The topological polar surface area (TPSA) is 61.8 Å². The molecule has 0 heterocycles. The Morgan fingerprint density at radius 1 is 0.733 bits per heavy atom. The number of hydrogen-bond acceptors (Lipinski definition) is 5. The molecule has 3 aromatic rings. The van der Waals surface area contributed by atoms with E-state index in [0.29, 0.717) is 12.4 Å². The smallest absolute Gasteiger partial charge is 0.339 e. The van der Waals surface area contributed by atoms with Crippen LogP contribution in [0.3, 0.4) is 0 Å². The van der Waals surface area contributed by atoms with Gasteiger partial charge in [-0.15, -0.1) is 0 Å². The number of carbonyl (C=O) groups is 2. The normalized spacial score (nSPS) is 10.3. The van der Waals surface area contributed by atoms with Crippen molar-refractivity contribution in [2.75, 3.05) is 6.61 Å². The van der Waals surface area contributed by atoms with E-state index in [1.807, 2.05) is 61.5 Å². The Balaban J connectivity index is 1.63. The molecule has 3 rings (SSSR count). The van der Waals surface area contributed by atoms with Crippen LogP contribution in [-0.4, -0.2) is 18.5 Å². The molecule has 0 N–H and O–H groups in total. The van der Waals surface area contributed by atoms with E-state index in [2.05, 4.69) is 0 Å². The van der Waals surface area contributed by atoms with Gasteiger partial charge in [0, 0.05) is 0 Å². The van der Waals surface area contributed by atoms with Crippen molar-refractivity contribution >= 4 is 11.9 Å². The summed E-state index contributed by atoms with van der Waals surface area (Å²) in [5, 5.41) is 0. The van der Waals surface area contributed by atoms with E-state index in [0.717, 1.165) is 24.2 Å². The standard InChI is InChI=1S/C25H24O5/c1-2-3-16-28-24(26)22-14-7-8-15-23(22)25(27)29-18-19-10-9-13-21(17-19)30-20-11-5-4-6-12-20/h4-15,17H,2-3,16,18H2,1H3. The highest BCUT2D eigenvalue weighted by Gasteiger charge is 2.19. The van der Waals surface area contributed by atoms with Crippen molar-refractivity contribution in [2.24, 2.45) is 0 Å². The minimum absolute atomic E-state index is 0.0596. The van der Waals surface area contributed by atoms with Gasteiger partial charge in [0.1, 0.15) is 18.1 Å². The maximum Gasteiger partial charge on any atom is 0.339 e. The first kappa shape index (κ1) is 21.1. The van der Waals surface area contributed by atoms with Crippen LogP contribution in [0.1, 0.15) is 46.0 Å². The molecular formula is C25H24O5. The highest BCUT2D eigenvalue weighted by atomic mass is 16.5. The molecule has 0 aliphatic carbocycles. The number of benzene rings is 3. The van der Waals surface area contributed by atoms with Crippen molar-refractivity contribution < 1.29 is 23.8 Å². The third-order valence-corrected chi connectivity index (χ3v) is 4.35. The van der Waals surface area contributed by atoms with Gasteiger partial charge < -0.3 is 14.2 Å².